The molecular weight excluding hydrogens is 324 g/mol. The van der Waals surface area contributed by atoms with Crippen molar-refractivity contribution in [2.24, 2.45) is 0 Å². The largest absolute Gasteiger partial charge is 0.468 e. The van der Waals surface area contributed by atoms with Crippen molar-refractivity contribution in [2.75, 3.05) is 11.4 Å². The van der Waals surface area contributed by atoms with E-state index in [0.29, 0.717) is 18.1 Å². The van der Waals surface area contributed by atoms with Gasteiger partial charge in [-0.1, -0.05) is 0 Å². The minimum absolute atomic E-state index is 0.393. The topological polar surface area (TPSA) is 51.7 Å². The van der Waals surface area contributed by atoms with Crippen molar-refractivity contribution in [1.82, 2.24) is 4.98 Å². The zero-order chi connectivity index (χ0) is 15.1. The lowest BCUT2D eigenvalue weighted by atomic mass is 10.1. The maximum absolute atomic E-state index is 12.4. The van der Waals surface area contributed by atoms with E-state index >= 15 is 0 Å². The van der Waals surface area contributed by atoms with Gasteiger partial charge in [0.15, 0.2) is 0 Å². The van der Waals surface area contributed by atoms with Gasteiger partial charge in [0.25, 0.3) is 0 Å². The van der Waals surface area contributed by atoms with Gasteiger partial charge in [-0.3, -0.25) is 4.90 Å². The summed E-state index contributed by atoms with van der Waals surface area (Å²) in [5, 5.41) is 0. The third-order valence-corrected chi connectivity index (χ3v) is 3.05. The molecule has 0 saturated heterocycles. The Morgan fingerprint density at radius 1 is 1.50 bits per heavy atom. The molecule has 0 aromatic carbocycles. The molecule has 1 aliphatic heterocycles. The smallest absolute Gasteiger partial charge is 0.415 e. The summed E-state index contributed by atoms with van der Waals surface area (Å²) in [5.74, 6) is 0.440. The van der Waals surface area contributed by atoms with Crippen LogP contribution in [-0.2, 0) is 4.74 Å². The third-order valence-electron chi connectivity index (χ3n) is 2.62. The van der Waals surface area contributed by atoms with E-state index in [2.05, 4.69) is 20.9 Å². The molecule has 20 heavy (non-hydrogen) atoms. The molecule has 0 unspecified atom stereocenters. The first kappa shape index (κ1) is 15.1. The molecule has 0 radical (unpaired) electrons. The third kappa shape index (κ3) is 3.42. The second-order valence-electron chi connectivity index (χ2n) is 6.41. The van der Waals surface area contributed by atoms with E-state index < -0.39 is 17.3 Å². The Morgan fingerprint density at radius 2 is 2.15 bits per heavy atom. The van der Waals surface area contributed by atoms with Crippen LogP contribution in [0.3, 0.4) is 0 Å². The predicted octanol–water partition coefficient (Wildman–Crippen LogP) is 3.76. The van der Waals surface area contributed by atoms with Crippen molar-refractivity contribution >= 4 is 27.7 Å². The summed E-state index contributed by atoms with van der Waals surface area (Å²) in [6.45, 7) is 9.77. The van der Waals surface area contributed by atoms with Crippen LogP contribution in [0.5, 0.6) is 5.88 Å². The first-order valence-corrected chi connectivity index (χ1v) is 7.22. The van der Waals surface area contributed by atoms with Crippen LogP contribution in [0.25, 0.3) is 0 Å². The number of carbonyl (C=O) groups is 1. The van der Waals surface area contributed by atoms with Gasteiger partial charge < -0.3 is 9.47 Å². The maximum atomic E-state index is 12.4. The Hall–Kier alpha value is -1.30. The number of pyridine rings is 1. The van der Waals surface area contributed by atoms with E-state index in [4.69, 9.17) is 9.47 Å². The Labute approximate surface area is 127 Å². The highest BCUT2D eigenvalue weighted by molar-refractivity contribution is 9.10. The van der Waals surface area contributed by atoms with Crippen LogP contribution in [0.1, 0.15) is 34.6 Å². The average molecular weight is 343 g/mol. The molecule has 0 spiro atoms. The van der Waals surface area contributed by atoms with Crippen LogP contribution in [0, 0.1) is 0 Å². The summed E-state index contributed by atoms with van der Waals surface area (Å²) in [4.78, 5) is 18.2. The zero-order valence-corrected chi connectivity index (χ0v) is 13.9. The SMILES string of the molecule is CC(C)(C)OC(=O)N1CC(C)(C)Oc2ncc(Br)cc21. The van der Waals surface area contributed by atoms with Gasteiger partial charge in [-0.25, -0.2) is 9.78 Å². The number of rotatable bonds is 0. The van der Waals surface area contributed by atoms with Crippen molar-refractivity contribution < 1.29 is 14.3 Å². The Bertz CT molecular complexity index is 538. The summed E-state index contributed by atoms with van der Waals surface area (Å²) in [6.07, 6.45) is 1.25. The van der Waals surface area contributed by atoms with Crippen LogP contribution in [-0.4, -0.2) is 28.8 Å². The van der Waals surface area contributed by atoms with Gasteiger partial charge in [-0.15, -0.1) is 0 Å². The predicted molar refractivity (Wildman–Crippen MR) is 80.2 cm³/mol. The molecule has 0 bridgehead atoms. The second-order valence-corrected chi connectivity index (χ2v) is 7.32. The van der Waals surface area contributed by atoms with Crippen LogP contribution < -0.4 is 9.64 Å². The molecule has 0 aliphatic carbocycles. The van der Waals surface area contributed by atoms with Crippen LogP contribution in [0.15, 0.2) is 16.7 Å². The number of hydrogen-bond donors (Lipinski definition) is 0. The quantitative estimate of drug-likeness (QED) is 0.720. The van der Waals surface area contributed by atoms with Crippen molar-refractivity contribution in [3.8, 4) is 5.88 Å². The normalized spacial score (nSPS) is 17.2. The molecule has 6 heteroatoms. The van der Waals surface area contributed by atoms with E-state index in [1.54, 1.807) is 11.1 Å². The molecule has 110 valence electrons. The molecule has 0 N–H and O–H groups in total. The highest BCUT2D eigenvalue weighted by atomic mass is 79.9. The van der Waals surface area contributed by atoms with E-state index in [1.807, 2.05) is 40.7 Å². The van der Waals surface area contributed by atoms with Crippen LogP contribution >= 0.6 is 15.9 Å². The zero-order valence-electron chi connectivity index (χ0n) is 12.4. The fraction of sp³-hybridized carbons (Fsp3) is 0.571. The highest BCUT2D eigenvalue weighted by Gasteiger charge is 2.37. The van der Waals surface area contributed by atoms with E-state index in [9.17, 15) is 4.79 Å². The molecule has 2 heterocycles. The lowest BCUT2D eigenvalue weighted by molar-refractivity contribution is 0.0473. The number of fused-ring (bicyclic) bond motifs is 1. The number of aromatic nitrogens is 1. The molecule has 0 saturated carbocycles. The first-order valence-electron chi connectivity index (χ1n) is 6.42. The van der Waals surface area contributed by atoms with Crippen molar-refractivity contribution in [2.45, 2.75) is 45.8 Å². The summed E-state index contributed by atoms with van der Waals surface area (Å²) in [6, 6.07) is 1.81. The standard InChI is InChI=1S/C14H19BrN2O3/c1-13(2,3)20-12(18)17-8-14(4,5)19-11-10(17)6-9(15)7-16-11/h6-7H,8H2,1-5H3. The van der Waals surface area contributed by atoms with Gasteiger partial charge in [0, 0.05) is 10.7 Å². The number of ether oxygens (including phenoxy) is 2. The second kappa shape index (κ2) is 4.91. The molecule has 1 amide bonds. The first-order chi connectivity index (χ1) is 9.07. The van der Waals surface area contributed by atoms with E-state index in [-0.39, 0.29) is 0 Å². The highest BCUT2D eigenvalue weighted by Crippen LogP contribution is 2.37. The van der Waals surface area contributed by atoms with Crippen molar-refractivity contribution in [3.05, 3.63) is 16.7 Å². The fourth-order valence-corrected chi connectivity index (χ4v) is 2.25. The number of carbonyl (C=O) groups excluding carboxylic acids is 1. The summed E-state index contributed by atoms with van der Waals surface area (Å²) < 4.78 is 12.0. The van der Waals surface area contributed by atoms with Gasteiger partial charge >= 0.3 is 6.09 Å². The maximum Gasteiger partial charge on any atom is 0.415 e. The summed E-state index contributed by atoms with van der Waals surface area (Å²) >= 11 is 3.36. The molecule has 0 fully saturated rings. The van der Waals surface area contributed by atoms with Crippen molar-refractivity contribution in [3.63, 3.8) is 0 Å². The Balaban J connectivity index is 2.38. The van der Waals surface area contributed by atoms with Crippen LogP contribution in [0.2, 0.25) is 0 Å². The average Bonchev–Trinajstić information content (AvgIpc) is 2.25. The lowest BCUT2D eigenvalue weighted by Crippen LogP contribution is -2.50. The molecule has 1 aliphatic rings. The lowest BCUT2D eigenvalue weighted by Gasteiger charge is -2.39. The van der Waals surface area contributed by atoms with Gasteiger partial charge in [0.2, 0.25) is 5.88 Å². The van der Waals surface area contributed by atoms with Crippen LogP contribution in [0.4, 0.5) is 10.5 Å². The molecule has 1 aromatic rings. The molecule has 2 rings (SSSR count). The Morgan fingerprint density at radius 3 is 2.75 bits per heavy atom. The number of halogens is 1. The monoisotopic (exact) mass is 342 g/mol. The van der Waals surface area contributed by atoms with Gasteiger partial charge in [-0.2, -0.15) is 0 Å². The summed E-state index contributed by atoms with van der Waals surface area (Å²) in [7, 11) is 0. The van der Waals surface area contributed by atoms with Gasteiger partial charge in [0.05, 0.1) is 6.54 Å². The molecular formula is C14H19BrN2O3. The summed E-state index contributed by atoms with van der Waals surface area (Å²) in [5.41, 5.74) is -0.433. The minimum atomic E-state index is -0.543. The van der Waals surface area contributed by atoms with Gasteiger partial charge in [0.1, 0.15) is 16.9 Å². The molecule has 1 aromatic heterocycles. The number of amides is 1. The number of hydrogen-bond acceptors (Lipinski definition) is 4. The van der Waals surface area contributed by atoms with Crippen molar-refractivity contribution in [1.29, 1.82) is 0 Å². The fourth-order valence-electron chi connectivity index (χ4n) is 1.93. The Kier molecular flexibility index (Phi) is 3.71. The van der Waals surface area contributed by atoms with Gasteiger partial charge in [-0.05, 0) is 56.6 Å². The number of nitrogens with zero attached hydrogens (tertiary/aromatic N) is 2. The molecule has 5 nitrogen and oxygen atoms in total. The van der Waals surface area contributed by atoms with E-state index in [0.717, 1.165) is 4.47 Å². The van der Waals surface area contributed by atoms with E-state index in [1.165, 1.54) is 0 Å². The molecule has 0 atom stereocenters. The number of anilines is 1. The minimum Gasteiger partial charge on any atom is -0.468 e.